The predicted octanol–water partition coefficient (Wildman–Crippen LogP) is 2.39. The summed E-state index contributed by atoms with van der Waals surface area (Å²) in [5, 5.41) is 0. The standard InChI is InChI=1S/C18H31N5O4/c1-11(2)24-7-14(8-25-12(3)4)26-10-23-9-20-16-15(23)17(27-13(5)6)22-18(19)21-16/h9,11-14H,7-8,10H2,1-6H3,(H2,19,21,22). The van der Waals surface area contributed by atoms with E-state index in [4.69, 9.17) is 24.7 Å². The Hall–Kier alpha value is -1.97. The van der Waals surface area contributed by atoms with Crippen LogP contribution in [-0.4, -0.2) is 57.1 Å². The first kappa shape index (κ1) is 21.3. The molecule has 2 rings (SSSR count). The third-order valence-corrected chi connectivity index (χ3v) is 3.49. The van der Waals surface area contributed by atoms with Crippen molar-refractivity contribution in [2.45, 2.75) is 72.7 Å². The number of nitrogens with two attached hydrogens (primary N) is 1. The van der Waals surface area contributed by atoms with E-state index in [0.717, 1.165) is 0 Å². The van der Waals surface area contributed by atoms with Gasteiger partial charge in [0.2, 0.25) is 11.8 Å². The molecule has 0 amide bonds. The number of hydrogen-bond donors (Lipinski definition) is 1. The zero-order valence-electron chi connectivity index (χ0n) is 17.0. The van der Waals surface area contributed by atoms with Crippen molar-refractivity contribution < 1.29 is 18.9 Å². The first-order valence-electron chi connectivity index (χ1n) is 9.26. The molecule has 0 aliphatic carbocycles. The van der Waals surface area contributed by atoms with Crippen molar-refractivity contribution >= 4 is 17.1 Å². The number of ether oxygens (including phenoxy) is 4. The van der Waals surface area contributed by atoms with Gasteiger partial charge in [0.25, 0.3) is 0 Å². The summed E-state index contributed by atoms with van der Waals surface area (Å²) < 4.78 is 25.0. The number of fused-ring (bicyclic) bond motifs is 1. The fourth-order valence-corrected chi connectivity index (χ4v) is 2.30. The number of rotatable bonds is 11. The third-order valence-electron chi connectivity index (χ3n) is 3.49. The van der Waals surface area contributed by atoms with E-state index in [9.17, 15) is 0 Å². The number of hydrogen-bond acceptors (Lipinski definition) is 8. The SMILES string of the molecule is CC(C)OCC(COC(C)C)OCn1cnc2nc(N)nc(OC(C)C)c21. The van der Waals surface area contributed by atoms with Crippen molar-refractivity contribution in [2.75, 3.05) is 18.9 Å². The average molecular weight is 381 g/mol. The Morgan fingerprint density at radius 3 is 2.11 bits per heavy atom. The van der Waals surface area contributed by atoms with Crippen molar-refractivity contribution in [1.82, 2.24) is 19.5 Å². The van der Waals surface area contributed by atoms with Crippen LogP contribution in [0.2, 0.25) is 0 Å². The van der Waals surface area contributed by atoms with Crippen LogP contribution in [0.3, 0.4) is 0 Å². The molecule has 0 radical (unpaired) electrons. The third kappa shape index (κ3) is 6.60. The number of anilines is 1. The Morgan fingerprint density at radius 2 is 1.56 bits per heavy atom. The lowest BCUT2D eigenvalue weighted by Gasteiger charge is -2.21. The smallest absolute Gasteiger partial charge is 0.245 e. The van der Waals surface area contributed by atoms with E-state index in [1.165, 1.54) is 0 Å². The fourth-order valence-electron chi connectivity index (χ4n) is 2.30. The second kappa shape index (κ2) is 9.82. The van der Waals surface area contributed by atoms with Gasteiger partial charge >= 0.3 is 0 Å². The molecule has 0 atom stereocenters. The Labute approximate surface area is 160 Å². The highest BCUT2D eigenvalue weighted by Crippen LogP contribution is 2.24. The maximum atomic E-state index is 6.02. The number of nitrogens with zero attached hydrogens (tertiary/aromatic N) is 4. The summed E-state index contributed by atoms with van der Waals surface area (Å²) in [4.78, 5) is 12.6. The fraction of sp³-hybridized carbons (Fsp3) is 0.722. The van der Waals surface area contributed by atoms with Crippen molar-refractivity contribution in [3.05, 3.63) is 6.33 Å². The van der Waals surface area contributed by atoms with Crippen LogP contribution in [0.4, 0.5) is 5.95 Å². The molecule has 0 saturated heterocycles. The van der Waals surface area contributed by atoms with E-state index in [0.29, 0.717) is 30.3 Å². The van der Waals surface area contributed by atoms with E-state index in [-0.39, 0.29) is 37.1 Å². The van der Waals surface area contributed by atoms with Gasteiger partial charge < -0.3 is 29.2 Å². The van der Waals surface area contributed by atoms with Crippen LogP contribution in [0.15, 0.2) is 6.33 Å². The van der Waals surface area contributed by atoms with E-state index in [2.05, 4.69) is 15.0 Å². The van der Waals surface area contributed by atoms with Crippen LogP contribution in [-0.2, 0) is 20.9 Å². The van der Waals surface area contributed by atoms with Gasteiger partial charge in [0, 0.05) is 0 Å². The molecule has 0 saturated carbocycles. The minimum absolute atomic E-state index is 0.0570. The maximum Gasteiger partial charge on any atom is 0.245 e. The van der Waals surface area contributed by atoms with E-state index < -0.39 is 0 Å². The summed E-state index contributed by atoms with van der Waals surface area (Å²) in [6, 6.07) is 0. The molecule has 9 heteroatoms. The second-order valence-electron chi connectivity index (χ2n) is 7.12. The molecule has 0 unspecified atom stereocenters. The van der Waals surface area contributed by atoms with Crippen LogP contribution >= 0.6 is 0 Å². The van der Waals surface area contributed by atoms with Gasteiger partial charge in [0.05, 0.1) is 37.9 Å². The van der Waals surface area contributed by atoms with Gasteiger partial charge in [-0.05, 0) is 41.5 Å². The number of aromatic nitrogens is 4. The highest BCUT2D eigenvalue weighted by Gasteiger charge is 2.17. The Bertz CT molecular complexity index is 705. The van der Waals surface area contributed by atoms with Gasteiger partial charge in [-0.25, -0.2) is 4.98 Å². The summed E-state index contributed by atoms with van der Waals surface area (Å²) >= 11 is 0. The summed E-state index contributed by atoms with van der Waals surface area (Å²) in [5.74, 6) is 0.514. The van der Waals surface area contributed by atoms with E-state index in [1.807, 2.05) is 41.5 Å². The molecule has 2 aromatic heterocycles. The van der Waals surface area contributed by atoms with Crippen molar-refractivity contribution in [1.29, 1.82) is 0 Å². The Kier molecular flexibility index (Phi) is 7.76. The number of nitrogen functional groups attached to an aromatic ring is 1. The van der Waals surface area contributed by atoms with Gasteiger partial charge in [-0.2, -0.15) is 9.97 Å². The topological polar surface area (TPSA) is 107 Å². The zero-order chi connectivity index (χ0) is 20.0. The van der Waals surface area contributed by atoms with Crippen LogP contribution in [0.25, 0.3) is 11.2 Å². The number of imidazole rings is 1. The Morgan fingerprint density at radius 1 is 0.926 bits per heavy atom. The molecule has 2 N–H and O–H groups in total. The summed E-state index contributed by atoms with van der Waals surface area (Å²) in [7, 11) is 0. The molecule has 0 aliphatic rings. The molecule has 152 valence electrons. The van der Waals surface area contributed by atoms with Crippen LogP contribution < -0.4 is 10.5 Å². The molecule has 9 nitrogen and oxygen atoms in total. The summed E-state index contributed by atoms with van der Waals surface area (Å²) in [6.45, 7) is 12.9. The average Bonchev–Trinajstić information content (AvgIpc) is 2.96. The van der Waals surface area contributed by atoms with Crippen LogP contribution in [0.1, 0.15) is 41.5 Å². The normalized spacial score (nSPS) is 12.2. The molecular weight excluding hydrogens is 350 g/mol. The lowest BCUT2D eigenvalue weighted by atomic mass is 10.3. The van der Waals surface area contributed by atoms with E-state index >= 15 is 0 Å². The summed E-state index contributed by atoms with van der Waals surface area (Å²) in [6.07, 6.45) is 1.60. The molecule has 0 spiro atoms. The molecule has 0 aliphatic heterocycles. The van der Waals surface area contributed by atoms with Gasteiger partial charge in [0.1, 0.15) is 12.8 Å². The lowest BCUT2D eigenvalue weighted by Crippen LogP contribution is -2.29. The monoisotopic (exact) mass is 381 g/mol. The van der Waals surface area contributed by atoms with Crippen molar-refractivity contribution in [2.24, 2.45) is 0 Å². The quantitative estimate of drug-likeness (QED) is 0.632. The molecular formula is C18H31N5O4. The van der Waals surface area contributed by atoms with Gasteiger partial charge in [-0.3, -0.25) is 0 Å². The molecule has 27 heavy (non-hydrogen) atoms. The second-order valence-corrected chi connectivity index (χ2v) is 7.12. The van der Waals surface area contributed by atoms with Crippen LogP contribution in [0, 0.1) is 0 Å². The first-order valence-corrected chi connectivity index (χ1v) is 9.26. The highest BCUT2D eigenvalue weighted by atomic mass is 16.6. The van der Waals surface area contributed by atoms with Crippen molar-refractivity contribution in [3.8, 4) is 5.88 Å². The molecule has 2 aromatic rings. The lowest BCUT2D eigenvalue weighted by molar-refractivity contribution is -0.0987. The predicted molar refractivity (Wildman–Crippen MR) is 103 cm³/mol. The van der Waals surface area contributed by atoms with Gasteiger partial charge in [0.15, 0.2) is 11.2 Å². The highest BCUT2D eigenvalue weighted by molar-refractivity contribution is 5.77. The largest absolute Gasteiger partial charge is 0.473 e. The zero-order valence-corrected chi connectivity index (χ0v) is 17.0. The minimum atomic E-state index is -0.212. The molecule has 0 bridgehead atoms. The van der Waals surface area contributed by atoms with Crippen molar-refractivity contribution in [3.63, 3.8) is 0 Å². The Balaban J connectivity index is 2.15. The maximum absolute atomic E-state index is 6.02. The summed E-state index contributed by atoms with van der Waals surface area (Å²) in [5.41, 5.74) is 6.86. The molecule has 0 fully saturated rings. The van der Waals surface area contributed by atoms with Crippen LogP contribution in [0.5, 0.6) is 5.88 Å². The molecule has 2 heterocycles. The van der Waals surface area contributed by atoms with E-state index in [1.54, 1.807) is 10.9 Å². The van der Waals surface area contributed by atoms with Gasteiger partial charge in [-0.1, -0.05) is 0 Å². The minimum Gasteiger partial charge on any atom is -0.473 e. The van der Waals surface area contributed by atoms with Gasteiger partial charge in [-0.15, -0.1) is 0 Å². The molecule has 0 aromatic carbocycles. The first-order chi connectivity index (χ1) is 12.8.